The molecule has 2 aromatic heterocycles. The zero-order valence-corrected chi connectivity index (χ0v) is 17.8. The number of nitrogens with one attached hydrogen (secondary N) is 1. The summed E-state index contributed by atoms with van der Waals surface area (Å²) in [6.45, 7) is 5.74. The van der Waals surface area contributed by atoms with Gasteiger partial charge in [-0.3, -0.25) is 4.79 Å². The number of amides is 1. The number of nitrogens with zero attached hydrogens (tertiary/aromatic N) is 5. The quantitative estimate of drug-likeness (QED) is 0.499. The lowest BCUT2D eigenvalue weighted by molar-refractivity contribution is 0.102. The summed E-state index contributed by atoms with van der Waals surface area (Å²) < 4.78 is 4.39. The number of halogens is 1. The van der Waals surface area contributed by atoms with Crippen LogP contribution in [0, 0.1) is 20.8 Å². The van der Waals surface area contributed by atoms with Gasteiger partial charge in [0, 0.05) is 10.2 Å². The van der Waals surface area contributed by atoms with Gasteiger partial charge < -0.3 is 5.32 Å². The van der Waals surface area contributed by atoms with Crippen LogP contribution in [0.4, 0.5) is 5.69 Å². The second kappa shape index (κ2) is 7.63. The molecule has 1 amide bonds. The zero-order chi connectivity index (χ0) is 20.5. The van der Waals surface area contributed by atoms with Crippen molar-refractivity contribution in [2.75, 3.05) is 5.32 Å². The molecule has 146 valence electrons. The van der Waals surface area contributed by atoms with Gasteiger partial charge >= 0.3 is 0 Å². The third-order valence-corrected chi connectivity index (χ3v) is 5.05. The fraction of sp³-hybridized carbons (Fsp3) is 0.143. The maximum absolute atomic E-state index is 13.0. The van der Waals surface area contributed by atoms with Crippen molar-refractivity contribution in [3.05, 3.63) is 81.8 Å². The first-order valence-corrected chi connectivity index (χ1v) is 9.85. The van der Waals surface area contributed by atoms with Crippen LogP contribution in [-0.2, 0) is 0 Å². The molecule has 0 spiro atoms. The molecule has 0 saturated carbocycles. The summed E-state index contributed by atoms with van der Waals surface area (Å²) in [5.74, 6) is -0.322. The Morgan fingerprint density at radius 3 is 2.52 bits per heavy atom. The second-order valence-electron chi connectivity index (χ2n) is 6.73. The Labute approximate surface area is 176 Å². The lowest BCUT2D eigenvalue weighted by atomic mass is 10.2. The van der Waals surface area contributed by atoms with Crippen LogP contribution < -0.4 is 5.32 Å². The Morgan fingerprint density at radius 1 is 1.00 bits per heavy atom. The predicted molar refractivity (Wildman–Crippen MR) is 115 cm³/mol. The number of benzene rings is 2. The summed E-state index contributed by atoms with van der Waals surface area (Å²) >= 11 is 3.45. The first kappa shape index (κ1) is 19.1. The van der Waals surface area contributed by atoms with E-state index in [1.54, 1.807) is 4.68 Å². The molecule has 0 radical (unpaired) electrons. The summed E-state index contributed by atoms with van der Waals surface area (Å²) in [5.41, 5.74) is 5.10. The number of carbonyl (C=O) groups excluding carboxylic acids is 1. The number of aryl methyl sites for hydroxylation is 2. The third-order valence-electron chi connectivity index (χ3n) is 4.55. The molecule has 0 aliphatic heterocycles. The molecule has 0 unspecified atom stereocenters. The van der Waals surface area contributed by atoms with E-state index >= 15 is 0 Å². The fourth-order valence-corrected chi connectivity index (χ4v) is 3.60. The number of aromatic nitrogens is 5. The fourth-order valence-electron chi connectivity index (χ4n) is 3.21. The highest BCUT2D eigenvalue weighted by atomic mass is 79.9. The highest BCUT2D eigenvalue weighted by Crippen LogP contribution is 2.23. The Bertz CT molecular complexity index is 1210. The van der Waals surface area contributed by atoms with Crippen molar-refractivity contribution >= 4 is 27.5 Å². The van der Waals surface area contributed by atoms with E-state index in [2.05, 4.69) is 36.7 Å². The normalized spacial score (nSPS) is 10.9. The van der Waals surface area contributed by atoms with Crippen LogP contribution in [0.1, 0.15) is 27.6 Å². The van der Waals surface area contributed by atoms with Crippen molar-refractivity contribution in [2.45, 2.75) is 20.8 Å². The summed E-state index contributed by atoms with van der Waals surface area (Å²) in [5, 5.41) is 15.7. The van der Waals surface area contributed by atoms with E-state index in [9.17, 15) is 4.79 Å². The lowest BCUT2D eigenvalue weighted by Gasteiger charge is -2.12. The van der Waals surface area contributed by atoms with Gasteiger partial charge in [0.2, 0.25) is 0 Å². The van der Waals surface area contributed by atoms with Crippen LogP contribution in [0.2, 0.25) is 0 Å². The van der Waals surface area contributed by atoms with Gasteiger partial charge in [0.05, 0.1) is 28.5 Å². The Balaban J connectivity index is 1.66. The van der Waals surface area contributed by atoms with Crippen molar-refractivity contribution in [3.63, 3.8) is 0 Å². The number of rotatable bonds is 4. The zero-order valence-electron chi connectivity index (χ0n) is 16.2. The van der Waals surface area contributed by atoms with E-state index in [4.69, 9.17) is 0 Å². The van der Waals surface area contributed by atoms with Crippen LogP contribution in [0.25, 0.3) is 11.4 Å². The maximum Gasteiger partial charge on any atom is 0.278 e. The molecule has 0 atom stereocenters. The number of para-hydroxylation sites is 2. The van der Waals surface area contributed by atoms with Crippen molar-refractivity contribution in [3.8, 4) is 11.4 Å². The Kier molecular flexibility index (Phi) is 5.02. The van der Waals surface area contributed by atoms with Gasteiger partial charge in [0.15, 0.2) is 5.69 Å². The molecule has 2 heterocycles. The van der Waals surface area contributed by atoms with Gasteiger partial charge in [-0.1, -0.05) is 39.3 Å². The summed E-state index contributed by atoms with van der Waals surface area (Å²) in [6, 6.07) is 17.2. The molecule has 1 N–H and O–H groups in total. The molecule has 4 rings (SSSR count). The number of hydrogen-bond donors (Lipinski definition) is 1. The molecular weight excluding hydrogens is 432 g/mol. The molecule has 0 saturated heterocycles. The lowest BCUT2D eigenvalue weighted by Crippen LogP contribution is -2.16. The van der Waals surface area contributed by atoms with E-state index < -0.39 is 0 Å². The molecule has 7 nitrogen and oxygen atoms in total. The van der Waals surface area contributed by atoms with E-state index in [0.29, 0.717) is 11.4 Å². The average Bonchev–Trinajstić information content (AvgIpc) is 3.23. The largest absolute Gasteiger partial charge is 0.319 e. The standard InChI is InChI=1S/C21H19BrN6O/c1-13-11-14(2)27(25-13)19-10-5-4-9-18(19)23-21(29)20-15(3)28(26-24-20)17-8-6-7-16(22)12-17/h4-12H,1-3H3,(H,23,29). The van der Waals surface area contributed by atoms with Crippen LogP contribution in [0.5, 0.6) is 0 Å². The highest BCUT2D eigenvalue weighted by molar-refractivity contribution is 9.10. The molecule has 2 aromatic carbocycles. The summed E-state index contributed by atoms with van der Waals surface area (Å²) in [6.07, 6.45) is 0. The Hall–Kier alpha value is -3.26. The predicted octanol–water partition coefficient (Wildman–Crippen LogP) is 4.39. The van der Waals surface area contributed by atoms with Crippen molar-refractivity contribution in [1.82, 2.24) is 24.8 Å². The molecule has 0 aliphatic carbocycles. The number of anilines is 1. The SMILES string of the molecule is Cc1cc(C)n(-c2ccccc2NC(=O)c2nnn(-c3cccc(Br)c3)c2C)n1. The van der Waals surface area contributed by atoms with Crippen LogP contribution in [0.15, 0.2) is 59.1 Å². The van der Waals surface area contributed by atoms with Crippen molar-refractivity contribution < 1.29 is 4.79 Å². The number of carbonyl (C=O) groups is 1. The van der Waals surface area contributed by atoms with Gasteiger partial charge in [-0.25, -0.2) is 9.36 Å². The Morgan fingerprint density at radius 2 is 1.79 bits per heavy atom. The molecule has 8 heteroatoms. The van der Waals surface area contributed by atoms with Gasteiger partial charge in [-0.2, -0.15) is 5.10 Å². The molecule has 29 heavy (non-hydrogen) atoms. The van der Waals surface area contributed by atoms with Crippen LogP contribution in [-0.4, -0.2) is 30.7 Å². The average molecular weight is 451 g/mol. The smallest absolute Gasteiger partial charge is 0.278 e. The highest BCUT2D eigenvalue weighted by Gasteiger charge is 2.19. The van der Waals surface area contributed by atoms with Gasteiger partial charge in [0.25, 0.3) is 5.91 Å². The monoisotopic (exact) mass is 450 g/mol. The molecule has 0 aliphatic rings. The summed E-state index contributed by atoms with van der Waals surface area (Å²) in [7, 11) is 0. The first-order chi connectivity index (χ1) is 13.9. The van der Waals surface area contributed by atoms with E-state index in [-0.39, 0.29) is 11.6 Å². The number of hydrogen-bond acceptors (Lipinski definition) is 4. The summed E-state index contributed by atoms with van der Waals surface area (Å²) in [4.78, 5) is 13.0. The van der Waals surface area contributed by atoms with E-state index in [1.807, 2.05) is 80.1 Å². The minimum Gasteiger partial charge on any atom is -0.319 e. The molecule has 0 bridgehead atoms. The van der Waals surface area contributed by atoms with Gasteiger partial charge in [-0.05, 0) is 57.2 Å². The van der Waals surface area contributed by atoms with Crippen LogP contribution in [0.3, 0.4) is 0 Å². The van der Waals surface area contributed by atoms with Gasteiger partial charge in [0.1, 0.15) is 0 Å². The van der Waals surface area contributed by atoms with E-state index in [0.717, 1.165) is 27.2 Å². The second-order valence-corrected chi connectivity index (χ2v) is 7.64. The van der Waals surface area contributed by atoms with Crippen molar-refractivity contribution in [2.24, 2.45) is 0 Å². The van der Waals surface area contributed by atoms with E-state index in [1.165, 1.54) is 0 Å². The van der Waals surface area contributed by atoms with Crippen LogP contribution >= 0.6 is 15.9 Å². The third kappa shape index (κ3) is 3.71. The maximum atomic E-state index is 13.0. The molecular formula is C21H19BrN6O. The first-order valence-electron chi connectivity index (χ1n) is 9.06. The molecule has 0 fully saturated rings. The minimum atomic E-state index is -0.322. The minimum absolute atomic E-state index is 0.271. The topological polar surface area (TPSA) is 77.6 Å². The van der Waals surface area contributed by atoms with Crippen molar-refractivity contribution in [1.29, 1.82) is 0 Å². The van der Waals surface area contributed by atoms with Gasteiger partial charge in [-0.15, -0.1) is 5.10 Å². The molecule has 4 aromatic rings.